The van der Waals surface area contributed by atoms with Crippen molar-refractivity contribution in [3.63, 3.8) is 0 Å². The number of ether oxygens (including phenoxy) is 2. The Balaban J connectivity index is 1.93. The quantitative estimate of drug-likeness (QED) is 0.562. The molecule has 2 heterocycles. The Hall–Kier alpha value is -2.86. The number of pyridine rings is 1. The second-order valence-corrected chi connectivity index (χ2v) is 4.93. The van der Waals surface area contributed by atoms with E-state index in [1.54, 1.807) is 12.1 Å². The first-order chi connectivity index (χ1) is 10.7. The second kappa shape index (κ2) is 4.85. The summed E-state index contributed by atoms with van der Waals surface area (Å²) in [7, 11) is 0. The molecule has 1 aliphatic rings. The Morgan fingerprint density at radius 3 is 2.50 bits per heavy atom. The van der Waals surface area contributed by atoms with Crippen LogP contribution in [-0.4, -0.2) is 11.8 Å². The number of hydrogen-bond donors (Lipinski definition) is 2. The van der Waals surface area contributed by atoms with Crippen molar-refractivity contribution in [2.24, 2.45) is 5.84 Å². The van der Waals surface area contributed by atoms with E-state index >= 15 is 0 Å². The minimum Gasteiger partial charge on any atom is -0.454 e. The Morgan fingerprint density at radius 1 is 1.05 bits per heavy atom. The molecule has 0 bridgehead atoms. The Bertz CT molecular complexity index is 865. The van der Waals surface area contributed by atoms with Gasteiger partial charge in [0, 0.05) is 17.0 Å². The van der Waals surface area contributed by atoms with Crippen LogP contribution in [0.2, 0.25) is 0 Å². The fraction of sp³-hybridized carbons (Fsp3) is 0.0625. The van der Waals surface area contributed by atoms with Gasteiger partial charge in [-0.05, 0) is 29.8 Å². The number of nitrogens with two attached hydrogens (primary N) is 1. The van der Waals surface area contributed by atoms with E-state index in [2.05, 4.69) is 10.4 Å². The maximum Gasteiger partial charge on any atom is 0.231 e. The summed E-state index contributed by atoms with van der Waals surface area (Å²) in [6.45, 7) is 0.207. The van der Waals surface area contributed by atoms with Gasteiger partial charge in [-0.2, -0.15) is 0 Å². The van der Waals surface area contributed by atoms with Crippen LogP contribution in [0.5, 0.6) is 11.5 Å². The van der Waals surface area contributed by atoms with Gasteiger partial charge in [-0.25, -0.2) is 15.2 Å². The normalized spacial score (nSPS) is 12.6. The van der Waals surface area contributed by atoms with Crippen molar-refractivity contribution < 1.29 is 13.9 Å². The fourth-order valence-corrected chi connectivity index (χ4v) is 2.52. The summed E-state index contributed by atoms with van der Waals surface area (Å²) in [5.41, 5.74) is 4.94. The highest BCUT2D eigenvalue weighted by Crippen LogP contribution is 2.38. The zero-order valence-electron chi connectivity index (χ0n) is 11.5. The van der Waals surface area contributed by atoms with E-state index in [-0.39, 0.29) is 12.6 Å². The highest BCUT2D eigenvalue weighted by molar-refractivity contribution is 5.91. The number of nitrogens with zero attached hydrogens (tertiary/aromatic N) is 1. The number of hydrazine groups is 1. The summed E-state index contributed by atoms with van der Waals surface area (Å²) in [5.74, 6) is 7.15. The van der Waals surface area contributed by atoms with Gasteiger partial charge in [-0.1, -0.05) is 12.1 Å². The first kappa shape index (κ1) is 12.8. The second-order valence-electron chi connectivity index (χ2n) is 4.93. The van der Waals surface area contributed by atoms with E-state index in [4.69, 9.17) is 15.3 Å². The zero-order chi connectivity index (χ0) is 15.1. The maximum absolute atomic E-state index is 13.1. The molecule has 0 radical (unpaired) electrons. The van der Waals surface area contributed by atoms with Gasteiger partial charge in [0.15, 0.2) is 11.5 Å². The molecular weight excluding hydrogens is 285 g/mol. The SMILES string of the molecule is NNc1nc2cc3c(cc2cc1-c1ccc(F)cc1)OCO3. The third-order valence-electron chi connectivity index (χ3n) is 3.60. The number of rotatable bonds is 2. The van der Waals surface area contributed by atoms with Crippen LogP contribution in [0, 0.1) is 5.82 Å². The molecule has 0 saturated heterocycles. The number of aromatic nitrogens is 1. The molecule has 3 aromatic rings. The molecule has 0 aliphatic carbocycles. The molecule has 0 fully saturated rings. The molecule has 1 aromatic heterocycles. The molecule has 0 atom stereocenters. The van der Waals surface area contributed by atoms with Crippen molar-refractivity contribution >= 4 is 16.7 Å². The Kier molecular flexibility index (Phi) is 2.83. The van der Waals surface area contributed by atoms with Crippen LogP contribution in [0.15, 0.2) is 42.5 Å². The van der Waals surface area contributed by atoms with E-state index in [0.717, 1.165) is 22.0 Å². The summed E-state index contributed by atoms with van der Waals surface area (Å²) in [4.78, 5) is 4.50. The molecule has 22 heavy (non-hydrogen) atoms. The number of hydrogen-bond acceptors (Lipinski definition) is 5. The molecule has 0 spiro atoms. The predicted molar refractivity (Wildman–Crippen MR) is 81.1 cm³/mol. The number of halogens is 1. The average Bonchev–Trinajstić information content (AvgIpc) is 2.99. The lowest BCUT2D eigenvalue weighted by Gasteiger charge is -2.11. The summed E-state index contributed by atoms with van der Waals surface area (Å²) < 4.78 is 23.8. The van der Waals surface area contributed by atoms with Crippen molar-refractivity contribution in [2.45, 2.75) is 0 Å². The lowest BCUT2D eigenvalue weighted by atomic mass is 10.0. The molecule has 5 nitrogen and oxygen atoms in total. The van der Waals surface area contributed by atoms with Crippen LogP contribution >= 0.6 is 0 Å². The number of nitrogens with one attached hydrogen (secondary N) is 1. The van der Waals surface area contributed by atoms with Crippen molar-refractivity contribution in [3.05, 3.63) is 48.3 Å². The number of benzene rings is 2. The molecular formula is C16H12FN3O2. The van der Waals surface area contributed by atoms with Crippen LogP contribution in [0.3, 0.4) is 0 Å². The molecule has 0 amide bonds. The lowest BCUT2D eigenvalue weighted by molar-refractivity contribution is 0.174. The average molecular weight is 297 g/mol. The first-order valence-corrected chi connectivity index (χ1v) is 6.71. The van der Waals surface area contributed by atoms with Gasteiger partial charge in [0.25, 0.3) is 0 Å². The number of anilines is 1. The Labute approximate surface area is 125 Å². The van der Waals surface area contributed by atoms with Crippen molar-refractivity contribution in [1.82, 2.24) is 4.98 Å². The van der Waals surface area contributed by atoms with E-state index in [9.17, 15) is 4.39 Å². The van der Waals surface area contributed by atoms with Gasteiger partial charge >= 0.3 is 0 Å². The molecule has 110 valence electrons. The van der Waals surface area contributed by atoms with Crippen molar-refractivity contribution in [3.8, 4) is 22.6 Å². The monoisotopic (exact) mass is 297 g/mol. The van der Waals surface area contributed by atoms with Gasteiger partial charge in [-0.15, -0.1) is 0 Å². The minimum absolute atomic E-state index is 0.207. The fourth-order valence-electron chi connectivity index (χ4n) is 2.52. The van der Waals surface area contributed by atoms with E-state index in [0.29, 0.717) is 17.3 Å². The first-order valence-electron chi connectivity index (χ1n) is 6.71. The molecule has 4 rings (SSSR count). The van der Waals surface area contributed by atoms with Crippen LogP contribution in [0.25, 0.3) is 22.0 Å². The molecule has 2 aromatic carbocycles. The Morgan fingerprint density at radius 2 is 1.77 bits per heavy atom. The van der Waals surface area contributed by atoms with Crippen molar-refractivity contribution in [2.75, 3.05) is 12.2 Å². The van der Waals surface area contributed by atoms with Gasteiger partial charge in [0.1, 0.15) is 11.6 Å². The van der Waals surface area contributed by atoms with Crippen LogP contribution in [0.1, 0.15) is 0 Å². The maximum atomic E-state index is 13.1. The summed E-state index contributed by atoms with van der Waals surface area (Å²) in [6.07, 6.45) is 0. The highest BCUT2D eigenvalue weighted by Gasteiger charge is 2.16. The molecule has 0 unspecified atom stereocenters. The lowest BCUT2D eigenvalue weighted by Crippen LogP contribution is -2.10. The third-order valence-corrected chi connectivity index (χ3v) is 3.60. The minimum atomic E-state index is -0.289. The van der Waals surface area contributed by atoms with E-state index in [1.165, 1.54) is 12.1 Å². The highest BCUT2D eigenvalue weighted by atomic mass is 19.1. The molecule has 1 aliphatic heterocycles. The summed E-state index contributed by atoms with van der Waals surface area (Å²) in [6, 6.07) is 11.8. The summed E-state index contributed by atoms with van der Waals surface area (Å²) in [5, 5.41) is 0.891. The molecule has 0 saturated carbocycles. The molecule has 6 heteroatoms. The number of fused-ring (bicyclic) bond motifs is 2. The smallest absolute Gasteiger partial charge is 0.231 e. The van der Waals surface area contributed by atoms with Gasteiger partial charge in [0.2, 0.25) is 6.79 Å². The topological polar surface area (TPSA) is 69.4 Å². The standard InChI is InChI=1S/C16H12FN3O2/c17-11-3-1-9(2-4-11)12-5-10-6-14-15(22-8-21-14)7-13(10)19-16(12)20-18/h1-7H,8,18H2,(H,19,20). The van der Waals surface area contributed by atoms with Crippen LogP contribution in [0.4, 0.5) is 10.2 Å². The predicted octanol–water partition coefficient (Wildman–Crippen LogP) is 3.06. The van der Waals surface area contributed by atoms with Gasteiger partial charge < -0.3 is 14.9 Å². The van der Waals surface area contributed by atoms with Crippen molar-refractivity contribution in [1.29, 1.82) is 0 Å². The van der Waals surface area contributed by atoms with E-state index in [1.807, 2.05) is 18.2 Å². The summed E-state index contributed by atoms with van der Waals surface area (Å²) >= 11 is 0. The third kappa shape index (κ3) is 2.01. The van der Waals surface area contributed by atoms with Gasteiger partial charge in [0.05, 0.1) is 5.52 Å². The van der Waals surface area contributed by atoms with Crippen LogP contribution in [-0.2, 0) is 0 Å². The number of nitrogen functional groups attached to an aromatic ring is 1. The van der Waals surface area contributed by atoms with Gasteiger partial charge in [-0.3, -0.25) is 0 Å². The van der Waals surface area contributed by atoms with E-state index < -0.39 is 0 Å². The zero-order valence-corrected chi connectivity index (χ0v) is 11.5. The van der Waals surface area contributed by atoms with Crippen LogP contribution < -0.4 is 20.7 Å². The largest absolute Gasteiger partial charge is 0.454 e. The molecule has 3 N–H and O–H groups in total.